The van der Waals surface area contributed by atoms with Gasteiger partial charge < -0.3 is 15.0 Å². The van der Waals surface area contributed by atoms with Gasteiger partial charge in [-0.05, 0) is 70.3 Å². The molecule has 2 saturated heterocycles. The lowest BCUT2D eigenvalue weighted by atomic mass is 9.84. The summed E-state index contributed by atoms with van der Waals surface area (Å²) in [5.41, 5.74) is 0.984. The number of likely N-dealkylation sites (tertiary alicyclic amines) is 1. The van der Waals surface area contributed by atoms with Gasteiger partial charge in [0.25, 0.3) is 5.91 Å². The summed E-state index contributed by atoms with van der Waals surface area (Å²) in [5.74, 6) is 1.21. The smallest absolute Gasteiger partial charge is 0.261 e. The van der Waals surface area contributed by atoms with Crippen molar-refractivity contribution in [3.05, 3.63) is 16.6 Å². The number of aromatic nitrogens is 2. The van der Waals surface area contributed by atoms with E-state index in [0.29, 0.717) is 11.9 Å². The number of ether oxygens (including phenoxy) is 1. The molecule has 2 amide bonds. The summed E-state index contributed by atoms with van der Waals surface area (Å²) in [6.45, 7) is 7.65. The van der Waals surface area contributed by atoms with Crippen molar-refractivity contribution in [3.63, 3.8) is 0 Å². The lowest BCUT2D eigenvalue weighted by Gasteiger charge is -2.35. The number of thiophene rings is 1. The summed E-state index contributed by atoms with van der Waals surface area (Å²) in [6, 6.07) is 2.50. The molecule has 0 radical (unpaired) electrons. The molecule has 5 rings (SSSR count). The zero-order chi connectivity index (χ0) is 22.9. The largest absolute Gasteiger partial charge is 0.381 e. The van der Waals surface area contributed by atoms with E-state index >= 15 is 0 Å². The van der Waals surface area contributed by atoms with Crippen molar-refractivity contribution in [1.82, 2.24) is 20.0 Å². The van der Waals surface area contributed by atoms with Gasteiger partial charge in [-0.3, -0.25) is 14.3 Å². The van der Waals surface area contributed by atoms with Crippen molar-refractivity contribution in [3.8, 4) is 0 Å². The lowest BCUT2D eigenvalue weighted by Crippen LogP contribution is -2.44. The quantitative estimate of drug-likeness (QED) is 0.720. The molecule has 1 aliphatic carbocycles. The Labute approximate surface area is 199 Å². The summed E-state index contributed by atoms with van der Waals surface area (Å²) < 4.78 is 7.62. The van der Waals surface area contributed by atoms with Gasteiger partial charge in [-0.2, -0.15) is 5.10 Å². The Morgan fingerprint density at radius 3 is 2.45 bits per heavy atom. The highest BCUT2D eigenvalue weighted by molar-refractivity contribution is 7.20. The van der Waals surface area contributed by atoms with Gasteiger partial charge in [-0.25, -0.2) is 0 Å². The Bertz CT molecular complexity index is 993. The minimum absolute atomic E-state index is 0.00826. The fraction of sp³-hybridized carbons (Fsp3) is 0.720. The monoisotopic (exact) mass is 472 g/mol. The molecule has 1 saturated carbocycles. The molecule has 3 aliphatic rings. The molecular weight excluding hydrogens is 436 g/mol. The van der Waals surface area contributed by atoms with Crippen molar-refractivity contribution in [1.29, 1.82) is 0 Å². The first-order valence-corrected chi connectivity index (χ1v) is 13.5. The van der Waals surface area contributed by atoms with Crippen LogP contribution in [0.2, 0.25) is 0 Å². The van der Waals surface area contributed by atoms with Crippen LogP contribution in [0.1, 0.15) is 79.7 Å². The fourth-order valence-corrected chi connectivity index (χ4v) is 6.73. The molecule has 3 fully saturated rings. The Kier molecular flexibility index (Phi) is 6.74. The average Bonchev–Trinajstić information content (AvgIpc) is 3.41. The van der Waals surface area contributed by atoms with Crippen LogP contribution in [0.4, 0.5) is 0 Å². The molecule has 0 spiro atoms. The van der Waals surface area contributed by atoms with Gasteiger partial charge in [0.15, 0.2) is 0 Å². The van der Waals surface area contributed by atoms with Gasteiger partial charge in [0.1, 0.15) is 4.83 Å². The van der Waals surface area contributed by atoms with E-state index in [0.717, 1.165) is 104 Å². The summed E-state index contributed by atoms with van der Waals surface area (Å²) in [7, 11) is 0. The number of nitrogens with one attached hydrogen (secondary N) is 1. The molecule has 180 valence electrons. The highest BCUT2D eigenvalue weighted by Gasteiger charge is 2.32. The molecule has 33 heavy (non-hydrogen) atoms. The molecule has 0 aromatic carbocycles. The zero-order valence-corrected chi connectivity index (χ0v) is 20.7. The van der Waals surface area contributed by atoms with Gasteiger partial charge in [0.2, 0.25) is 5.91 Å². The van der Waals surface area contributed by atoms with E-state index in [2.05, 4.69) is 21.8 Å². The number of piperidine rings is 1. The van der Waals surface area contributed by atoms with E-state index < -0.39 is 0 Å². The Morgan fingerprint density at radius 1 is 1.06 bits per heavy atom. The maximum Gasteiger partial charge on any atom is 0.261 e. The van der Waals surface area contributed by atoms with Crippen molar-refractivity contribution in [2.45, 2.75) is 77.3 Å². The van der Waals surface area contributed by atoms with Gasteiger partial charge >= 0.3 is 0 Å². The summed E-state index contributed by atoms with van der Waals surface area (Å²) in [4.78, 5) is 29.9. The predicted molar refractivity (Wildman–Crippen MR) is 130 cm³/mol. The maximum absolute atomic E-state index is 13.0. The standard InChI is InChI=1S/C25H36N4O3S/c1-16-7-11-28(12-8-16)24(31)18-3-5-19(6-4-18)26-23(30)22-15-21-17(2)27-29(25(21)33-22)20-9-13-32-14-10-20/h15-16,18-20H,3-14H2,1-2H3,(H,26,30). The SMILES string of the molecule is Cc1nn(C2CCOCC2)c2sc(C(=O)NC3CCC(C(=O)N4CCC(C)CC4)CC3)cc12. The van der Waals surface area contributed by atoms with Gasteiger partial charge in [0, 0.05) is 43.6 Å². The zero-order valence-electron chi connectivity index (χ0n) is 19.8. The third-order valence-electron chi connectivity index (χ3n) is 7.84. The number of carbonyl (C=O) groups is 2. The predicted octanol–water partition coefficient (Wildman–Crippen LogP) is 4.30. The average molecular weight is 473 g/mol. The topological polar surface area (TPSA) is 76.5 Å². The first kappa shape index (κ1) is 22.8. The van der Waals surface area contributed by atoms with Crippen LogP contribution in [0.15, 0.2) is 6.07 Å². The van der Waals surface area contributed by atoms with Crippen molar-refractivity contribution in [2.75, 3.05) is 26.3 Å². The van der Waals surface area contributed by atoms with Gasteiger partial charge in [-0.15, -0.1) is 11.3 Å². The molecule has 2 aliphatic heterocycles. The second-order valence-corrected chi connectivity index (χ2v) is 11.3. The van der Waals surface area contributed by atoms with Crippen LogP contribution in [-0.4, -0.2) is 58.8 Å². The third kappa shape index (κ3) is 4.83. The van der Waals surface area contributed by atoms with E-state index in [-0.39, 0.29) is 17.9 Å². The second-order valence-electron chi connectivity index (χ2n) is 10.2. The normalized spacial score (nSPS) is 25.5. The first-order valence-electron chi connectivity index (χ1n) is 12.7. The number of fused-ring (bicyclic) bond motifs is 1. The molecule has 0 atom stereocenters. The Balaban J connectivity index is 1.18. The van der Waals surface area contributed by atoms with Gasteiger partial charge in [-0.1, -0.05) is 6.92 Å². The van der Waals surface area contributed by atoms with Crippen LogP contribution in [0.25, 0.3) is 10.2 Å². The lowest BCUT2D eigenvalue weighted by molar-refractivity contribution is -0.138. The fourth-order valence-electron chi connectivity index (χ4n) is 5.59. The molecule has 0 bridgehead atoms. The van der Waals surface area contributed by atoms with Crippen LogP contribution < -0.4 is 5.32 Å². The van der Waals surface area contributed by atoms with Crippen molar-refractivity contribution < 1.29 is 14.3 Å². The number of carbonyl (C=O) groups excluding carboxylic acids is 2. The molecule has 2 aromatic rings. The third-order valence-corrected chi connectivity index (χ3v) is 8.96. The first-order chi connectivity index (χ1) is 16.0. The van der Waals surface area contributed by atoms with Crippen molar-refractivity contribution in [2.24, 2.45) is 11.8 Å². The van der Waals surface area contributed by atoms with E-state index in [4.69, 9.17) is 9.84 Å². The molecule has 8 heteroatoms. The summed E-state index contributed by atoms with van der Waals surface area (Å²) in [6.07, 6.45) is 7.69. The van der Waals surface area contributed by atoms with Gasteiger partial charge in [0.05, 0.1) is 16.6 Å². The van der Waals surface area contributed by atoms with Crippen LogP contribution >= 0.6 is 11.3 Å². The highest BCUT2D eigenvalue weighted by atomic mass is 32.1. The van der Waals surface area contributed by atoms with Crippen LogP contribution in [-0.2, 0) is 9.53 Å². The minimum atomic E-state index is 0.00826. The number of hydrogen-bond acceptors (Lipinski definition) is 5. The minimum Gasteiger partial charge on any atom is -0.381 e. The van der Waals surface area contributed by atoms with Crippen LogP contribution in [0.5, 0.6) is 0 Å². The van der Waals surface area contributed by atoms with Crippen LogP contribution in [0.3, 0.4) is 0 Å². The van der Waals surface area contributed by atoms with E-state index in [1.165, 1.54) is 0 Å². The molecular formula is C25H36N4O3S. The Morgan fingerprint density at radius 2 is 1.76 bits per heavy atom. The van der Waals surface area contributed by atoms with Crippen LogP contribution in [0, 0.1) is 18.8 Å². The van der Waals surface area contributed by atoms with E-state index in [1.807, 2.05) is 13.0 Å². The maximum atomic E-state index is 13.0. The van der Waals surface area contributed by atoms with E-state index in [9.17, 15) is 9.59 Å². The number of nitrogens with zero attached hydrogens (tertiary/aromatic N) is 3. The highest BCUT2D eigenvalue weighted by Crippen LogP contribution is 2.34. The molecule has 7 nitrogen and oxygen atoms in total. The van der Waals surface area contributed by atoms with E-state index in [1.54, 1.807) is 11.3 Å². The molecule has 4 heterocycles. The summed E-state index contributed by atoms with van der Waals surface area (Å²) in [5, 5.41) is 9.09. The molecule has 0 unspecified atom stereocenters. The summed E-state index contributed by atoms with van der Waals surface area (Å²) >= 11 is 1.55. The van der Waals surface area contributed by atoms with Crippen molar-refractivity contribution >= 4 is 33.4 Å². The number of hydrogen-bond donors (Lipinski definition) is 1. The number of amides is 2. The number of aryl methyl sites for hydroxylation is 1. The Hall–Kier alpha value is -1.93. The number of rotatable bonds is 4. The second kappa shape index (κ2) is 9.74. The molecule has 1 N–H and O–H groups in total. The molecule has 2 aromatic heterocycles.